The molecule has 1 aliphatic heterocycles. The van der Waals surface area contributed by atoms with E-state index in [0.29, 0.717) is 11.9 Å². The molecule has 1 saturated heterocycles. The second kappa shape index (κ2) is 7.62. The van der Waals surface area contributed by atoms with Crippen molar-refractivity contribution in [3.05, 3.63) is 0 Å². The molecule has 1 N–H and O–H groups in total. The van der Waals surface area contributed by atoms with Crippen molar-refractivity contribution < 1.29 is 4.79 Å². The Bertz CT molecular complexity index is 328. The van der Waals surface area contributed by atoms with Crippen LogP contribution in [0.3, 0.4) is 0 Å². The van der Waals surface area contributed by atoms with E-state index < -0.39 is 0 Å². The zero-order valence-electron chi connectivity index (χ0n) is 13.5. The largest absolute Gasteiger partial charge is 0.339 e. The molecular formula is C18H32N2O. The molecule has 120 valence electrons. The van der Waals surface area contributed by atoms with Crippen LogP contribution in [0.1, 0.15) is 70.6 Å². The Labute approximate surface area is 129 Å². The molecule has 1 heterocycles. The summed E-state index contributed by atoms with van der Waals surface area (Å²) in [5, 5.41) is 3.43. The molecule has 1 amide bonds. The molecule has 3 fully saturated rings. The Kier molecular flexibility index (Phi) is 5.56. The van der Waals surface area contributed by atoms with Crippen LogP contribution in [0.2, 0.25) is 0 Å². The number of piperidine rings is 1. The lowest BCUT2D eigenvalue weighted by molar-refractivity contribution is -0.133. The van der Waals surface area contributed by atoms with Crippen molar-refractivity contribution >= 4 is 5.91 Å². The normalized spacial score (nSPS) is 25.0. The number of nitrogens with one attached hydrogen (secondary N) is 1. The molecule has 3 heteroatoms. The number of amides is 1. The van der Waals surface area contributed by atoms with Gasteiger partial charge in [0.15, 0.2) is 0 Å². The van der Waals surface area contributed by atoms with Gasteiger partial charge in [0.1, 0.15) is 0 Å². The first-order chi connectivity index (χ1) is 10.3. The molecule has 21 heavy (non-hydrogen) atoms. The molecule has 0 radical (unpaired) electrons. The molecule has 0 bridgehead atoms. The number of rotatable bonds is 6. The zero-order valence-corrected chi connectivity index (χ0v) is 13.5. The van der Waals surface area contributed by atoms with E-state index in [2.05, 4.69) is 10.2 Å². The lowest BCUT2D eigenvalue weighted by Gasteiger charge is -2.31. The topological polar surface area (TPSA) is 32.3 Å². The third-order valence-electron chi connectivity index (χ3n) is 5.71. The maximum absolute atomic E-state index is 12.7. The van der Waals surface area contributed by atoms with Crippen LogP contribution in [-0.2, 0) is 4.79 Å². The second-order valence-corrected chi connectivity index (χ2v) is 7.51. The van der Waals surface area contributed by atoms with Crippen molar-refractivity contribution in [2.75, 3.05) is 19.6 Å². The number of hydrogen-bond acceptors (Lipinski definition) is 2. The van der Waals surface area contributed by atoms with Crippen molar-refractivity contribution in [2.45, 2.75) is 76.7 Å². The minimum absolute atomic E-state index is 0.460. The summed E-state index contributed by atoms with van der Waals surface area (Å²) in [6.45, 7) is 3.31. The van der Waals surface area contributed by atoms with E-state index in [0.717, 1.165) is 44.3 Å². The molecule has 0 spiro atoms. The van der Waals surface area contributed by atoms with Crippen LogP contribution in [0, 0.1) is 11.8 Å². The number of carbonyl (C=O) groups is 1. The van der Waals surface area contributed by atoms with Crippen LogP contribution in [0.25, 0.3) is 0 Å². The molecule has 2 aliphatic carbocycles. The first kappa shape index (κ1) is 15.3. The Morgan fingerprint density at radius 1 is 0.905 bits per heavy atom. The minimum atomic E-state index is 0.460. The van der Waals surface area contributed by atoms with Crippen LogP contribution in [0.15, 0.2) is 0 Å². The van der Waals surface area contributed by atoms with Gasteiger partial charge in [-0.2, -0.15) is 0 Å². The van der Waals surface area contributed by atoms with Gasteiger partial charge in [-0.05, 0) is 57.0 Å². The van der Waals surface area contributed by atoms with E-state index in [4.69, 9.17) is 0 Å². The van der Waals surface area contributed by atoms with E-state index in [-0.39, 0.29) is 0 Å². The van der Waals surface area contributed by atoms with Crippen molar-refractivity contribution in [3.63, 3.8) is 0 Å². The summed E-state index contributed by atoms with van der Waals surface area (Å²) in [4.78, 5) is 14.9. The average molecular weight is 292 g/mol. The highest BCUT2D eigenvalue weighted by Gasteiger charge is 2.34. The van der Waals surface area contributed by atoms with Gasteiger partial charge in [0.05, 0.1) is 0 Å². The Morgan fingerprint density at radius 2 is 1.62 bits per heavy atom. The maximum atomic E-state index is 12.7. The number of nitrogens with zero attached hydrogens (tertiary/aromatic N) is 1. The molecule has 0 unspecified atom stereocenters. The second-order valence-electron chi connectivity index (χ2n) is 7.51. The number of carbonyl (C=O) groups excluding carboxylic acids is 1. The van der Waals surface area contributed by atoms with Crippen molar-refractivity contribution in [3.8, 4) is 0 Å². The highest BCUT2D eigenvalue weighted by molar-refractivity contribution is 5.76. The van der Waals surface area contributed by atoms with Crippen LogP contribution < -0.4 is 5.32 Å². The summed E-state index contributed by atoms with van der Waals surface area (Å²) in [5.41, 5.74) is 0. The smallest absolute Gasteiger partial charge is 0.222 e. The van der Waals surface area contributed by atoms with Crippen LogP contribution in [-0.4, -0.2) is 36.5 Å². The Hall–Kier alpha value is -0.570. The fourth-order valence-corrected chi connectivity index (χ4v) is 4.13. The third kappa shape index (κ3) is 4.70. The van der Waals surface area contributed by atoms with Gasteiger partial charge in [-0.3, -0.25) is 4.79 Å². The van der Waals surface area contributed by atoms with E-state index >= 15 is 0 Å². The molecule has 3 nitrogen and oxygen atoms in total. The summed E-state index contributed by atoms with van der Waals surface area (Å²) in [7, 11) is 0. The lowest BCUT2D eigenvalue weighted by Crippen LogP contribution is -2.40. The van der Waals surface area contributed by atoms with Crippen LogP contribution in [0.5, 0.6) is 0 Å². The molecule has 0 aromatic rings. The average Bonchev–Trinajstić information content (AvgIpc) is 3.37. The number of hydrogen-bond donors (Lipinski definition) is 1. The molecule has 0 aromatic carbocycles. The first-order valence-corrected chi connectivity index (χ1v) is 9.33. The SMILES string of the molecule is O=C(CCC1CCCCC1)N(CC1CCNCC1)C1CC1. The molecule has 3 rings (SSSR count). The van der Waals surface area contributed by atoms with Crippen molar-refractivity contribution in [1.29, 1.82) is 0 Å². The molecule has 0 aromatic heterocycles. The van der Waals surface area contributed by atoms with Gasteiger partial charge in [-0.1, -0.05) is 32.1 Å². The van der Waals surface area contributed by atoms with Gasteiger partial charge >= 0.3 is 0 Å². The summed E-state index contributed by atoms with van der Waals surface area (Å²) < 4.78 is 0. The summed E-state index contributed by atoms with van der Waals surface area (Å²) >= 11 is 0. The first-order valence-electron chi connectivity index (χ1n) is 9.33. The van der Waals surface area contributed by atoms with E-state index in [1.165, 1.54) is 57.8 Å². The van der Waals surface area contributed by atoms with Gasteiger partial charge in [-0.25, -0.2) is 0 Å². The third-order valence-corrected chi connectivity index (χ3v) is 5.71. The predicted octanol–water partition coefficient (Wildman–Crippen LogP) is 3.34. The lowest BCUT2D eigenvalue weighted by atomic mass is 9.86. The van der Waals surface area contributed by atoms with Gasteiger partial charge in [0.2, 0.25) is 5.91 Å². The fraction of sp³-hybridized carbons (Fsp3) is 0.944. The summed E-state index contributed by atoms with van der Waals surface area (Å²) in [6, 6.07) is 0.596. The van der Waals surface area contributed by atoms with Gasteiger partial charge < -0.3 is 10.2 Å². The molecule has 0 atom stereocenters. The highest BCUT2D eigenvalue weighted by atomic mass is 16.2. The van der Waals surface area contributed by atoms with Gasteiger partial charge in [0.25, 0.3) is 0 Å². The van der Waals surface area contributed by atoms with Gasteiger partial charge in [-0.15, -0.1) is 0 Å². The van der Waals surface area contributed by atoms with Crippen molar-refractivity contribution in [1.82, 2.24) is 10.2 Å². The minimum Gasteiger partial charge on any atom is -0.339 e. The van der Waals surface area contributed by atoms with Crippen molar-refractivity contribution in [2.24, 2.45) is 11.8 Å². The van der Waals surface area contributed by atoms with Crippen LogP contribution >= 0.6 is 0 Å². The highest BCUT2D eigenvalue weighted by Crippen LogP contribution is 2.31. The zero-order chi connectivity index (χ0) is 14.5. The summed E-state index contributed by atoms with van der Waals surface area (Å²) in [6.07, 6.45) is 13.9. The maximum Gasteiger partial charge on any atom is 0.222 e. The molecule has 2 saturated carbocycles. The fourth-order valence-electron chi connectivity index (χ4n) is 4.13. The quantitative estimate of drug-likeness (QED) is 0.814. The molecule has 3 aliphatic rings. The Balaban J connectivity index is 1.44. The van der Waals surface area contributed by atoms with E-state index in [1.54, 1.807) is 0 Å². The standard InChI is InChI=1S/C18H32N2O/c21-18(9-6-15-4-2-1-3-5-15)20(17-7-8-17)14-16-10-12-19-13-11-16/h15-17,19H,1-14H2. The van der Waals surface area contributed by atoms with E-state index in [1.807, 2.05) is 0 Å². The monoisotopic (exact) mass is 292 g/mol. The molecular weight excluding hydrogens is 260 g/mol. The summed E-state index contributed by atoms with van der Waals surface area (Å²) in [5.74, 6) is 2.04. The van der Waals surface area contributed by atoms with Gasteiger partial charge in [0, 0.05) is 19.0 Å². The Morgan fingerprint density at radius 3 is 2.29 bits per heavy atom. The van der Waals surface area contributed by atoms with Crippen LogP contribution in [0.4, 0.5) is 0 Å². The predicted molar refractivity (Wildman–Crippen MR) is 86.1 cm³/mol. The van der Waals surface area contributed by atoms with E-state index in [9.17, 15) is 4.79 Å².